The third-order valence-electron chi connectivity index (χ3n) is 2.84. The zero-order valence-electron chi connectivity index (χ0n) is 12.5. The van der Waals surface area contributed by atoms with Crippen LogP contribution in [0.25, 0.3) is 5.65 Å². The predicted octanol–water partition coefficient (Wildman–Crippen LogP) is 3.42. The molecule has 0 fully saturated rings. The summed E-state index contributed by atoms with van der Waals surface area (Å²) < 4.78 is 3.22. The molecule has 3 heterocycles. The van der Waals surface area contributed by atoms with Gasteiger partial charge in [0, 0.05) is 28.5 Å². The summed E-state index contributed by atoms with van der Waals surface area (Å²) in [4.78, 5) is 16.7. The maximum atomic E-state index is 12.1. The first-order valence-corrected chi connectivity index (χ1v) is 9.51. The monoisotopic (exact) mass is 411 g/mol. The Hall–Kier alpha value is -1.45. The first-order valence-electron chi connectivity index (χ1n) is 6.92. The highest BCUT2D eigenvalue weighted by Gasteiger charge is 2.08. The first-order chi connectivity index (χ1) is 11.0. The van der Waals surface area contributed by atoms with Gasteiger partial charge in [0.1, 0.15) is 5.65 Å². The lowest BCUT2D eigenvalue weighted by Gasteiger charge is -2.04. The molecule has 23 heavy (non-hydrogen) atoms. The zero-order chi connectivity index (χ0) is 16.4. The van der Waals surface area contributed by atoms with E-state index >= 15 is 0 Å². The van der Waals surface area contributed by atoms with Crippen molar-refractivity contribution in [3.05, 3.63) is 44.9 Å². The van der Waals surface area contributed by atoms with E-state index in [0.29, 0.717) is 17.4 Å². The van der Waals surface area contributed by atoms with Crippen molar-refractivity contribution in [3.63, 3.8) is 0 Å². The average molecular weight is 412 g/mol. The molecule has 0 aromatic carbocycles. The van der Waals surface area contributed by atoms with Crippen LogP contribution in [0.2, 0.25) is 0 Å². The van der Waals surface area contributed by atoms with Crippen molar-refractivity contribution in [2.45, 2.75) is 30.0 Å². The number of thioether (sulfide) groups is 1. The fraction of sp³-hybridized carbons (Fsp3) is 0.286. The van der Waals surface area contributed by atoms with Gasteiger partial charge in [-0.2, -0.15) is 0 Å². The third-order valence-corrected chi connectivity index (χ3v) is 5.33. The highest BCUT2D eigenvalue weighted by Crippen LogP contribution is 2.28. The van der Waals surface area contributed by atoms with E-state index < -0.39 is 0 Å². The first kappa shape index (κ1) is 16.4. The molecule has 0 amide bonds. The highest BCUT2D eigenvalue weighted by molar-refractivity contribution is 9.10. The van der Waals surface area contributed by atoms with E-state index in [-0.39, 0.29) is 5.56 Å². The Morgan fingerprint density at radius 2 is 2.22 bits per heavy atom. The Kier molecular flexibility index (Phi) is 4.98. The van der Waals surface area contributed by atoms with Crippen LogP contribution in [0.15, 0.2) is 38.0 Å². The van der Waals surface area contributed by atoms with Gasteiger partial charge in [-0.3, -0.25) is 9.20 Å². The Labute approximate surface area is 149 Å². The van der Waals surface area contributed by atoms with Crippen molar-refractivity contribution >= 4 is 49.8 Å². The van der Waals surface area contributed by atoms with Gasteiger partial charge in [0.15, 0.2) is 4.34 Å². The minimum Gasteiger partial charge on any atom is -0.358 e. The van der Waals surface area contributed by atoms with E-state index in [1.807, 2.05) is 12.1 Å². The van der Waals surface area contributed by atoms with Crippen molar-refractivity contribution in [3.8, 4) is 0 Å². The van der Waals surface area contributed by atoms with Crippen LogP contribution in [0.3, 0.4) is 0 Å². The number of nitrogens with zero attached hydrogens (tertiary/aromatic N) is 4. The summed E-state index contributed by atoms with van der Waals surface area (Å²) in [7, 11) is 0. The lowest BCUT2D eigenvalue weighted by atomic mass is 10.4. The van der Waals surface area contributed by atoms with E-state index in [2.05, 4.69) is 50.3 Å². The van der Waals surface area contributed by atoms with Gasteiger partial charge in [-0.1, -0.05) is 23.1 Å². The van der Waals surface area contributed by atoms with Gasteiger partial charge in [-0.15, -0.1) is 10.2 Å². The van der Waals surface area contributed by atoms with Crippen LogP contribution in [-0.2, 0) is 5.75 Å². The van der Waals surface area contributed by atoms with Crippen LogP contribution in [0.5, 0.6) is 0 Å². The SMILES string of the molecule is CC(C)Nc1nnc(SCc2cc(=O)n3cc(Br)ccc3n2)s1. The molecular weight excluding hydrogens is 398 g/mol. The number of nitrogens with one attached hydrogen (secondary N) is 1. The molecule has 0 bridgehead atoms. The number of aromatic nitrogens is 4. The number of hydrogen-bond donors (Lipinski definition) is 1. The van der Waals surface area contributed by atoms with E-state index in [9.17, 15) is 4.79 Å². The summed E-state index contributed by atoms with van der Waals surface area (Å²) in [5, 5.41) is 12.2. The minimum absolute atomic E-state index is 0.0914. The molecule has 0 saturated carbocycles. The normalized spacial score (nSPS) is 11.3. The van der Waals surface area contributed by atoms with Crippen molar-refractivity contribution in [2.75, 3.05) is 5.32 Å². The molecular formula is C14H14BrN5OS2. The van der Waals surface area contributed by atoms with Crippen LogP contribution in [0.4, 0.5) is 5.13 Å². The van der Waals surface area contributed by atoms with Crippen LogP contribution >= 0.6 is 39.0 Å². The maximum absolute atomic E-state index is 12.1. The molecule has 0 radical (unpaired) electrons. The molecule has 0 aliphatic carbocycles. The van der Waals surface area contributed by atoms with Crippen LogP contribution in [-0.4, -0.2) is 25.6 Å². The quantitative estimate of drug-likeness (QED) is 0.648. The van der Waals surface area contributed by atoms with E-state index in [0.717, 1.165) is 19.6 Å². The van der Waals surface area contributed by atoms with Crippen molar-refractivity contribution in [1.82, 2.24) is 19.6 Å². The lowest BCUT2D eigenvalue weighted by Crippen LogP contribution is -2.15. The maximum Gasteiger partial charge on any atom is 0.258 e. The Morgan fingerprint density at radius 1 is 1.39 bits per heavy atom. The fourth-order valence-corrected chi connectivity index (χ4v) is 4.04. The zero-order valence-corrected chi connectivity index (χ0v) is 15.7. The number of halogens is 1. The summed E-state index contributed by atoms with van der Waals surface area (Å²) in [6, 6.07) is 5.56. The van der Waals surface area contributed by atoms with Gasteiger partial charge < -0.3 is 5.32 Å². The van der Waals surface area contributed by atoms with Gasteiger partial charge in [0.25, 0.3) is 5.56 Å². The second-order valence-corrected chi connectivity index (χ2v) is 8.24. The molecule has 3 aromatic heterocycles. The van der Waals surface area contributed by atoms with Crippen LogP contribution in [0, 0.1) is 0 Å². The van der Waals surface area contributed by atoms with E-state index in [4.69, 9.17) is 0 Å². The number of fused-ring (bicyclic) bond motifs is 1. The molecule has 0 aliphatic rings. The lowest BCUT2D eigenvalue weighted by molar-refractivity contribution is 0.883. The summed E-state index contributed by atoms with van der Waals surface area (Å²) in [6.45, 7) is 4.11. The van der Waals surface area contributed by atoms with Gasteiger partial charge in [0.05, 0.1) is 5.69 Å². The molecule has 0 spiro atoms. The van der Waals surface area contributed by atoms with E-state index in [1.165, 1.54) is 27.5 Å². The summed E-state index contributed by atoms with van der Waals surface area (Å²) in [6.07, 6.45) is 1.72. The predicted molar refractivity (Wildman–Crippen MR) is 97.4 cm³/mol. The topological polar surface area (TPSA) is 72.2 Å². The molecule has 9 heteroatoms. The molecule has 0 saturated heterocycles. The Morgan fingerprint density at radius 3 is 3.00 bits per heavy atom. The fourth-order valence-electron chi connectivity index (χ4n) is 1.91. The molecule has 0 aliphatic heterocycles. The highest BCUT2D eigenvalue weighted by atomic mass is 79.9. The van der Waals surface area contributed by atoms with Crippen LogP contribution < -0.4 is 10.9 Å². The van der Waals surface area contributed by atoms with Crippen molar-refractivity contribution in [2.24, 2.45) is 0 Å². The Bertz CT molecular complexity index is 892. The van der Waals surface area contributed by atoms with Crippen molar-refractivity contribution in [1.29, 1.82) is 0 Å². The molecule has 0 atom stereocenters. The largest absolute Gasteiger partial charge is 0.358 e. The molecule has 120 valence electrons. The standard InChI is InChI=1S/C14H14BrN5OS2/c1-8(2)16-13-18-19-14(23-13)22-7-10-5-12(21)20-6-9(15)3-4-11(20)17-10/h3-6,8H,7H2,1-2H3,(H,16,18). The number of anilines is 1. The summed E-state index contributed by atoms with van der Waals surface area (Å²) in [5.74, 6) is 0.581. The Balaban J connectivity index is 1.75. The van der Waals surface area contributed by atoms with Gasteiger partial charge in [-0.05, 0) is 41.9 Å². The second kappa shape index (κ2) is 6.98. The smallest absolute Gasteiger partial charge is 0.258 e. The molecule has 0 unspecified atom stereocenters. The molecule has 3 aromatic rings. The number of pyridine rings is 1. The molecule has 1 N–H and O–H groups in total. The second-order valence-electron chi connectivity index (χ2n) is 5.12. The van der Waals surface area contributed by atoms with Gasteiger partial charge in [-0.25, -0.2) is 4.98 Å². The van der Waals surface area contributed by atoms with Crippen LogP contribution in [0.1, 0.15) is 19.5 Å². The van der Waals surface area contributed by atoms with Crippen molar-refractivity contribution < 1.29 is 0 Å². The average Bonchev–Trinajstić information content (AvgIpc) is 2.92. The molecule has 6 nitrogen and oxygen atoms in total. The number of hydrogen-bond acceptors (Lipinski definition) is 7. The van der Waals surface area contributed by atoms with Gasteiger partial charge >= 0.3 is 0 Å². The summed E-state index contributed by atoms with van der Waals surface area (Å²) >= 11 is 6.38. The van der Waals surface area contributed by atoms with Gasteiger partial charge in [0.2, 0.25) is 5.13 Å². The van der Waals surface area contributed by atoms with E-state index in [1.54, 1.807) is 12.3 Å². The summed E-state index contributed by atoms with van der Waals surface area (Å²) in [5.41, 5.74) is 1.28. The number of rotatable bonds is 5. The minimum atomic E-state index is -0.0914. The molecule has 3 rings (SSSR count). The third kappa shape index (κ3) is 4.10.